The Morgan fingerprint density at radius 3 is 0.906 bits per heavy atom. The van der Waals surface area contributed by atoms with Crippen LogP contribution in [0.3, 0.4) is 0 Å². The van der Waals surface area contributed by atoms with Crippen LogP contribution in [-0.2, 0) is 32.7 Å². The van der Waals surface area contributed by atoms with E-state index in [-0.39, 0.29) is 32.6 Å². The fraction of sp³-hybridized carbons (Fsp3) is 0.627. The highest BCUT2D eigenvalue weighted by Crippen LogP contribution is 2.43. The lowest BCUT2D eigenvalue weighted by Gasteiger charge is -2.19. The first kappa shape index (κ1) is 80.6. The average Bonchev–Trinajstić information content (AvgIpc) is 3.53. The molecule has 0 saturated carbocycles. The lowest BCUT2D eigenvalue weighted by molar-refractivity contribution is -0.161. The van der Waals surface area contributed by atoms with Gasteiger partial charge in [0.2, 0.25) is 0 Å². The molecule has 0 fully saturated rings. The Bertz CT molecular complexity index is 1950. The first-order valence-electron chi connectivity index (χ1n) is 34.0. The zero-order chi connectivity index (χ0) is 61.6. The molecule has 0 amide bonds. The topological polar surface area (TPSA) is 134 Å². The molecule has 85 heavy (non-hydrogen) atoms. The maximum Gasteiger partial charge on any atom is 0.472 e. The van der Waals surface area contributed by atoms with E-state index in [0.29, 0.717) is 6.42 Å². The van der Waals surface area contributed by atoms with Crippen molar-refractivity contribution < 1.29 is 37.6 Å². The predicted molar refractivity (Wildman–Crippen MR) is 366 cm³/mol. The summed E-state index contributed by atoms with van der Waals surface area (Å²) in [7, 11) is -4.40. The lowest BCUT2D eigenvalue weighted by Crippen LogP contribution is -2.29. The molecule has 0 rings (SSSR count). The van der Waals surface area contributed by atoms with Gasteiger partial charge in [-0.3, -0.25) is 18.6 Å². The first-order valence-corrected chi connectivity index (χ1v) is 35.5. The maximum absolute atomic E-state index is 12.8. The van der Waals surface area contributed by atoms with Crippen LogP contribution in [0.2, 0.25) is 0 Å². The highest BCUT2D eigenvalue weighted by molar-refractivity contribution is 7.47. The zero-order valence-electron chi connectivity index (χ0n) is 54.0. The van der Waals surface area contributed by atoms with Crippen molar-refractivity contribution in [3.8, 4) is 0 Å². The number of carbonyl (C=O) groups is 2. The number of phosphoric ester groups is 1. The fourth-order valence-corrected chi connectivity index (χ4v) is 9.74. The third-order valence-corrected chi connectivity index (χ3v) is 14.9. The van der Waals surface area contributed by atoms with Gasteiger partial charge in [-0.15, -0.1) is 0 Å². The van der Waals surface area contributed by atoms with Gasteiger partial charge in [0, 0.05) is 19.4 Å². The Balaban J connectivity index is 3.94. The summed E-state index contributed by atoms with van der Waals surface area (Å²) in [4.78, 5) is 35.3. The van der Waals surface area contributed by atoms with Gasteiger partial charge in [-0.25, -0.2) is 4.57 Å². The van der Waals surface area contributed by atoms with Crippen molar-refractivity contribution in [3.05, 3.63) is 158 Å². The van der Waals surface area contributed by atoms with E-state index in [1.54, 1.807) is 0 Å². The summed E-state index contributed by atoms with van der Waals surface area (Å²) < 4.78 is 33.1. The van der Waals surface area contributed by atoms with E-state index >= 15 is 0 Å². The molecule has 10 heteroatoms. The largest absolute Gasteiger partial charge is 0.472 e. The van der Waals surface area contributed by atoms with E-state index in [1.165, 1.54) is 103 Å². The third kappa shape index (κ3) is 68.6. The molecular weight excluding hydrogens is 1070 g/mol. The molecule has 0 aliphatic heterocycles. The van der Waals surface area contributed by atoms with E-state index in [2.05, 4.69) is 172 Å². The van der Waals surface area contributed by atoms with Gasteiger partial charge in [0.1, 0.15) is 6.61 Å². The van der Waals surface area contributed by atoms with Crippen molar-refractivity contribution in [1.82, 2.24) is 0 Å². The highest BCUT2D eigenvalue weighted by Gasteiger charge is 2.26. The second-order valence-electron chi connectivity index (χ2n) is 21.9. The van der Waals surface area contributed by atoms with Gasteiger partial charge in [-0.1, -0.05) is 294 Å². The molecule has 2 unspecified atom stereocenters. The van der Waals surface area contributed by atoms with E-state index in [0.717, 1.165) is 135 Å². The number of phosphoric acid groups is 1. The Kier molecular flexibility index (Phi) is 65.2. The normalized spacial score (nSPS) is 14.0. The summed E-state index contributed by atoms with van der Waals surface area (Å²) in [5, 5.41) is 0. The second kappa shape index (κ2) is 68.7. The van der Waals surface area contributed by atoms with E-state index in [4.69, 9.17) is 24.3 Å². The van der Waals surface area contributed by atoms with Crippen LogP contribution in [0.25, 0.3) is 0 Å². The molecule has 0 bridgehead atoms. The minimum Gasteiger partial charge on any atom is -0.462 e. The summed E-state index contributed by atoms with van der Waals surface area (Å²) >= 11 is 0. The van der Waals surface area contributed by atoms with Crippen LogP contribution in [0.4, 0.5) is 0 Å². The van der Waals surface area contributed by atoms with E-state index < -0.39 is 32.5 Å². The number of ether oxygens (including phenoxy) is 2. The summed E-state index contributed by atoms with van der Waals surface area (Å²) in [6.45, 7) is 3.51. The van der Waals surface area contributed by atoms with Gasteiger partial charge in [-0.2, -0.15) is 0 Å². The molecule has 0 aliphatic rings. The number of rotatable bonds is 62. The Morgan fingerprint density at radius 1 is 0.353 bits per heavy atom. The van der Waals surface area contributed by atoms with Gasteiger partial charge in [-0.05, 0) is 122 Å². The number of unbranched alkanes of at least 4 members (excludes halogenated alkanes) is 23. The van der Waals surface area contributed by atoms with Crippen LogP contribution in [-0.4, -0.2) is 49.3 Å². The maximum atomic E-state index is 12.8. The van der Waals surface area contributed by atoms with E-state index in [1.807, 2.05) is 0 Å². The van der Waals surface area contributed by atoms with Crippen molar-refractivity contribution in [2.45, 2.75) is 277 Å². The molecule has 0 aromatic rings. The minimum absolute atomic E-state index is 0.0458. The van der Waals surface area contributed by atoms with Crippen LogP contribution in [0.5, 0.6) is 0 Å². The molecule has 3 N–H and O–H groups in total. The molecule has 0 heterocycles. The molecular formula is C75H124NO8P. The molecule has 0 aliphatic carbocycles. The van der Waals surface area contributed by atoms with Gasteiger partial charge in [0.15, 0.2) is 6.10 Å². The molecule has 0 saturated heterocycles. The van der Waals surface area contributed by atoms with Gasteiger partial charge < -0.3 is 20.1 Å². The lowest BCUT2D eigenvalue weighted by atomic mass is 10.0. The fourth-order valence-electron chi connectivity index (χ4n) is 8.97. The van der Waals surface area contributed by atoms with Crippen LogP contribution >= 0.6 is 7.82 Å². The van der Waals surface area contributed by atoms with Gasteiger partial charge in [0.25, 0.3) is 0 Å². The molecule has 482 valence electrons. The molecule has 0 spiro atoms. The van der Waals surface area contributed by atoms with Crippen LogP contribution in [0.1, 0.15) is 271 Å². The van der Waals surface area contributed by atoms with Gasteiger partial charge >= 0.3 is 19.8 Å². The molecule has 0 aromatic heterocycles. The Hall–Kier alpha value is -4.37. The SMILES string of the molecule is CC/C=C\C/C=C\C/C=C\C/C=C\C/C=C\C/C=C\C/C=C\C/C=C\CCCCCCCCCCCCCCCCC(=O)OC(COC(=O)CCCCCCCCCCC/C=C\C/C=C\C/C=C\C/C=C\C/C=C\CC)COP(=O)(O)OCCN. The monoisotopic (exact) mass is 1200 g/mol. The number of nitrogens with two attached hydrogens (primary N) is 1. The van der Waals surface area contributed by atoms with Crippen molar-refractivity contribution in [3.63, 3.8) is 0 Å². The average molecular weight is 1200 g/mol. The van der Waals surface area contributed by atoms with Crippen LogP contribution < -0.4 is 5.73 Å². The summed E-state index contributed by atoms with van der Waals surface area (Å²) in [5.41, 5.74) is 5.40. The van der Waals surface area contributed by atoms with Crippen LogP contribution in [0.15, 0.2) is 158 Å². The van der Waals surface area contributed by atoms with Crippen molar-refractivity contribution in [2.75, 3.05) is 26.4 Å². The number of hydrogen-bond donors (Lipinski definition) is 2. The Labute approximate surface area is 521 Å². The first-order chi connectivity index (χ1) is 41.8. The van der Waals surface area contributed by atoms with Crippen LogP contribution in [0, 0.1) is 0 Å². The van der Waals surface area contributed by atoms with Crippen molar-refractivity contribution >= 4 is 19.8 Å². The molecule has 0 aromatic carbocycles. The van der Waals surface area contributed by atoms with E-state index in [9.17, 15) is 19.0 Å². The second-order valence-corrected chi connectivity index (χ2v) is 23.4. The number of allylic oxidation sites excluding steroid dienone is 26. The summed E-state index contributed by atoms with van der Waals surface area (Å²) in [6, 6.07) is 0. The van der Waals surface area contributed by atoms with Gasteiger partial charge in [0.05, 0.1) is 13.2 Å². The summed E-state index contributed by atoms with van der Waals surface area (Å²) in [6.07, 6.45) is 100. The molecule has 2 atom stereocenters. The number of carbonyl (C=O) groups excluding carboxylic acids is 2. The predicted octanol–water partition coefficient (Wildman–Crippen LogP) is 22.4. The number of esters is 2. The summed E-state index contributed by atoms with van der Waals surface area (Å²) in [5.74, 6) is -0.839. The molecule has 0 radical (unpaired) electrons. The minimum atomic E-state index is -4.40. The standard InChI is InChI=1S/C75H124NO8P/c1-3-5-7-9-11-13-15-17-19-21-23-25-27-29-30-31-32-33-34-35-36-37-38-39-40-41-42-44-46-48-50-52-54-56-58-60-62-64-66-68-75(78)84-73(72-83-85(79,80)82-70-69-76)71-81-74(77)67-65-63-61-59-57-55-53-51-49-47-45-43-28-26-24-22-20-18-16-14-12-10-8-6-4-2/h5-8,11-14,17-20,23-26,29-30,32-33,35-36,38-39,43,45,73H,3-4,9-10,15-16,21-22,27-28,31,34,37,40-42,44,46-72,76H2,1-2H3,(H,79,80)/b7-5-,8-6-,13-11-,14-12-,19-17-,20-18-,25-23-,26-24-,30-29-,33-32-,36-35-,39-38-,45-43-. The Morgan fingerprint density at radius 2 is 0.612 bits per heavy atom. The third-order valence-electron chi connectivity index (χ3n) is 13.9. The zero-order valence-corrected chi connectivity index (χ0v) is 54.9. The highest BCUT2D eigenvalue weighted by atomic mass is 31.2. The molecule has 9 nitrogen and oxygen atoms in total. The number of hydrogen-bond acceptors (Lipinski definition) is 8. The smallest absolute Gasteiger partial charge is 0.462 e. The van der Waals surface area contributed by atoms with Crippen molar-refractivity contribution in [2.24, 2.45) is 5.73 Å². The quantitative estimate of drug-likeness (QED) is 0.0264. The van der Waals surface area contributed by atoms with Crippen molar-refractivity contribution in [1.29, 1.82) is 0 Å².